The largest absolute Gasteiger partial charge is 0.466 e. The zero-order chi connectivity index (χ0) is 22.0. The second-order valence-corrected chi connectivity index (χ2v) is 7.79. The Morgan fingerprint density at radius 2 is 1.74 bits per heavy atom. The number of carbonyl (C=O) groups is 2. The van der Waals surface area contributed by atoms with Gasteiger partial charge in [0.25, 0.3) is 0 Å². The number of halogens is 1. The lowest BCUT2D eigenvalue weighted by molar-refractivity contribution is -0.139. The lowest BCUT2D eigenvalue weighted by Gasteiger charge is -2.36. The number of benzene rings is 2. The summed E-state index contributed by atoms with van der Waals surface area (Å²) in [5, 5.41) is 4.09. The van der Waals surface area contributed by atoms with Crippen molar-refractivity contribution in [2.75, 3.05) is 19.5 Å². The van der Waals surface area contributed by atoms with E-state index in [4.69, 9.17) is 25.8 Å². The summed E-state index contributed by atoms with van der Waals surface area (Å²) < 4.78 is 16.3. The Kier molecular flexibility index (Phi) is 5.85. The standard InChI is InChI=1S/C24H22ClNO5/c1-29-22(27)20-18-12-13-24(31-18,21(20)23(28)30-2)19(14-15-6-4-3-5-7-15)26-17-10-8-16(25)9-11-17/h3-13,18-19,26H,14H2,1-2H3/t18?,19-,24?/m0/s1. The van der Waals surface area contributed by atoms with E-state index >= 15 is 0 Å². The quantitative estimate of drug-likeness (QED) is 0.523. The molecule has 2 aromatic carbocycles. The molecule has 0 spiro atoms. The van der Waals surface area contributed by atoms with Gasteiger partial charge in [0.05, 0.1) is 31.4 Å². The van der Waals surface area contributed by atoms with Crippen molar-refractivity contribution >= 4 is 29.2 Å². The van der Waals surface area contributed by atoms with Crippen molar-refractivity contribution in [1.82, 2.24) is 0 Å². The molecule has 0 aliphatic carbocycles. The van der Waals surface area contributed by atoms with Gasteiger partial charge in [0.15, 0.2) is 0 Å². The third-order valence-corrected chi connectivity index (χ3v) is 5.82. The molecule has 4 rings (SSSR count). The smallest absolute Gasteiger partial charge is 0.337 e. The minimum absolute atomic E-state index is 0.164. The van der Waals surface area contributed by atoms with Gasteiger partial charge in [-0.1, -0.05) is 48.0 Å². The molecule has 1 N–H and O–H groups in total. The van der Waals surface area contributed by atoms with Crippen molar-refractivity contribution < 1.29 is 23.8 Å². The van der Waals surface area contributed by atoms with Gasteiger partial charge in [0.2, 0.25) is 0 Å². The normalized spacial score (nSPS) is 22.4. The molecule has 0 saturated heterocycles. The molecule has 0 fully saturated rings. The van der Waals surface area contributed by atoms with Gasteiger partial charge in [-0.25, -0.2) is 9.59 Å². The zero-order valence-corrected chi connectivity index (χ0v) is 17.9. The van der Waals surface area contributed by atoms with E-state index in [0.717, 1.165) is 11.3 Å². The average Bonchev–Trinajstić information content (AvgIpc) is 3.38. The van der Waals surface area contributed by atoms with E-state index in [-0.39, 0.29) is 11.1 Å². The topological polar surface area (TPSA) is 73.9 Å². The highest BCUT2D eigenvalue weighted by Gasteiger charge is 2.58. The fourth-order valence-corrected chi connectivity index (χ4v) is 4.27. The van der Waals surface area contributed by atoms with Crippen LogP contribution in [0.3, 0.4) is 0 Å². The highest BCUT2D eigenvalue weighted by atomic mass is 35.5. The predicted octanol–water partition coefficient (Wildman–Crippen LogP) is 3.71. The van der Waals surface area contributed by atoms with Gasteiger partial charge < -0.3 is 19.5 Å². The lowest BCUT2D eigenvalue weighted by Crippen LogP contribution is -2.49. The van der Waals surface area contributed by atoms with Crippen LogP contribution in [-0.4, -0.2) is 43.9 Å². The maximum Gasteiger partial charge on any atom is 0.337 e. The van der Waals surface area contributed by atoms with Crippen molar-refractivity contribution in [2.45, 2.75) is 24.2 Å². The molecule has 3 atom stereocenters. The zero-order valence-electron chi connectivity index (χ0n) is 17.1. The molecule has 2 aliphatic heterocycles. The molecule has 0 saturated carbocycles. The maximum absolute atomic E-state index is 12.8. The molecule has 2 heterocycles. The van der Waals surface area contributed by atoms with Gasteiger partial charge in [-0.3, -0.25) is 0 Å². The van der Waals surface area contributed by atoms with Crippen LogP contribution in [0.15, 0.2) is 77.9 Å². The first-order valence-corrected chi connectivity index (χ1v) is 10.2. The number of nitrogens with one attached hydrogen (secondary N) is 1. The predicted molar refractivity (Wildman–Crippen MR) is 117 cm³/mol. The molecule has 6 nitrogen and oxygen atoms in total. The molecule has 0 radical (unpaired) electrons. The van der Waals surface area contributed by atoms with Crippen LogP contribution in [0.5, 0.6) is 0 Å². The van der Waals surface area contributed by atoms with Crippen LogP contribution in [0.25, 0.3) is 0 Å². The molecule has 31 heavy (non-hydrogen) atoms. The Bertz CT molecular complexity index is 1050. The van der Waals surface area contributed by atoms with Crippen molar-refractivity contribution in [3.8, 4) is 0 Å². The summed E-state index contributed by atoms with van der Waals surface area (Å²) in [6.45, 7) is 0. The van der Waals surface area contributed by atoms with Gasteiger partial charge in [-0.15, -0.1) is 0 Å². The number of anilines is 1. The van der Waals surface area contributed by atoms with E-state index in [1.54, 1.807) is 18.2 Å². The molecule has 7 heteroatoms. The Morgan fingerprint density at radius 3 is 2.39 bits per heavy atom. The van der Waals surface area contributed by atoms with Crippen LogP contribution < -0.4 is 5.32 Å². The first kappa shape index (κ1) is 21.2. The van der Waals surface area contributed by atoms with Crippen LogP contribution in [0.2, 0.25) is 5.02 Å². The molecular weight excluding hydrogens is 418 g/mol. The van der Waals surface area contributed by atoms with E-state index in [9.17, 15) is 9.59 Å². The summed E-state index contributed by atoms with van der Waals surface area (Å²) in [5.74, 6) is -1.23. The van der Waals surface area contributed by atoms with Gasteiger partial charge in [0.1, 0.15) is 11.7 Å². The number of methoxy groups -OCH3 is 2. The van der Waals surface area contributed by atoms with Crippen LogP contribution in [0, 0.1) is 0 Å². The third kappa shape index (κ3) is 3.84. The second-order valence-electron chi connectivity index (χ2n) is 7.36. The minimum atomic E-state index is -1.20. The Labute approximate surface area is 185 Å². The number of fused-ring (bicyclic) bond motifs is 2. The highest BCUT2D eigenvalue weighted by Crippen LogP contribution is 2.47. The summed E-state index contributed by atoms with van der Waals surface area (Å²) in [5.41, 5.74) is 0.983. The minimum Gasteiger partial charge on any atom is -0.466 e. The summed E-state index contributed by atoms with van der Waals surface area (Å²) in [4.78, 5) is 25.4. The molecule has 2 aromatic rings. The second kappa shape index (κ2) is 8.57. The van der Waals surface area contributed by atoms with E-state index < -0.39 is 29.7 Å². The first-order chi connectivity index (χ1) is 15.0. The summed E-state index contributed by atoms with van der Waals surface area (Å²) in [7, 11) is 2.56. The van der Waals surface area contributed by atoms with Crippen molar-refractivity contribution in [2.24, 2.45) is 0 Å². The number of rotatable bonds is 7. The molecule has 2 bridgehead atoms. The van der Waals surface area contributed by atoms with Crippen molar-refractivity contribution in [3.63, 3.8) is 0 Å². The first-order valence-electron chi connectivity index (χ1n) is 9.83. The summed E-state index contributed by atoms with van der Waals surface area (Å²) in [6.07, 6.45) is 3.45. The summed E-state index contributed by atoms with van der Waals surface area (Å²) >= 11 is 6.04. The summed E-state index contributed by atoms with van der Waals surface area (Å²) in [6, 6.07) is 16.7. The van der Waals surface area contributed by atoms with E-state index in [1.165, 1.54) is 14.2 Å². The van der Waals surface area contributed by atoms with E-state index in [2.05, 4.69) is 5.32 Å². The highest BCUT2D eigenvalue weighted by molar-refractivity contribution is 6.30. The van der Waals surface area contributed by atoms with Gasteiger partial charge in [-0.05, 0) is 42.3 Å². The molecule has 0 amide bonds. The third-order valence-electron chi connectivity index (χ3n) is 5.57. The maximum atomic E-state index is 12.8. The number of esters is 2. The average molecular weight is 440 g/mol. The van der Waals surface area contributed by atoms with E-state index in [0.29, 0.717) is 11.4 Å². The van der Waals surface area contributed by atoms with Gasteiger partial charge >= 0.3 is 11.9 Å². The lowest BCUT2D eigenvalue weighted by atomic mass is 9.79. The fraction of sp³-hybridized carbons (Fsp3) is 0.250. The van der Waals surface area contributed by atoms with Crippen LogP contribution in [0.1, 0.15) is 5.56 Å². The number of hydrogen-bond donors (Lipinski definition) is 1. The van der Waals surface area contributed by atoms with Crippen LogP contribution in [0.4, 0.5) is 5.69 Å². The molecular formula is C24H22ClNO5. The van der Waals surface area contributed by atoms with E-state index in [1.807, 2.05) is 48.5 Å². The molecule has 2 aliphatic rings. The van der Waals surface area contributed by atoms with Crippen LogP contribution in [-0.2, 0) is 30.2 Å². The number of hydrogen-bond acceptors (Lipinski definition) is 6. The molecule has 160 valence electrons. The monoisotopic (exact) mass is 439 g/mol. The van der Waals surface area contributed by atoms with Crippen molar-refractivity contribution in [1.29, 1.82) is 0 Å². The fourth-order valence-electron chi connectivity index (χ4n) is 4.15. The van der Waals surface area contributed by atoms with Crippen LogP contribution >= 0.6 is 11.6 Å². The molecule has 2 unspecified atom stereocenters. The van der Waals surface area contributed by atoms with Gasteiger partial charge in [-0.2, -0.15) is 0 Å². The molecule has 0 aromatic heterocycles. The van der Waals surface area contributed by atoms with Gasteiger partial charge in [0, 0.05) is 10.7 Å². The number of carbonyl (C=O) groups excluding carboxylic acids is 2. The van der Waals surface area contributed by atoms with Crippen molar-refractivity contribution in [3.05, 3.63) is 88.5 Å². The number of ether oxygens (including phenoxy) is 3. The Morgan fingerprint density at radius 1 is 1.06 bits per heavy atom. The Hall–Kier alpha value is -3.09. The SMILES string of the molecule is COC(=O)C1=C(C(=O)OC)C2([C@H](Cc3ccccc3)Nc3ccc(Cl)cc3)C=CC1O2. The Balaban J connectivity index is 1.81.